The highest BCUT2D eigenvalue weighted by Gasteiger charge is 2.31. The van der Waals surface area contributed by atoms with Gasteiger partial charge in [-0.3, -0.25) is 0 Å². The summed E-state index contributed by atoms with van der Waals surface area (Å²) in [5.41, 5.74) is 2.16. The third-order valence-corrected chi connectivity index (χ3v) is 2.96. The summed E-state index contributed by atoms with van der Waals surface area (Å²) >= 11 is 1.58. The number of thiazole rings is 1. The first-order chi connectivity index (χ1) is 6.79. The number of aliphatic hydroxyl groups is 1. The molecule has 1 unspecified atom stereocenters. The number of rotatable bonds is 4. The van der Waals surface area contributed by atoms with Crippen molar-refractivity contribution in [3.8, 4) is 0 Å². The highest BCUT2D eigenvalue weighted by molar-refractivity contribution is 7.07. The minimum absolute atomic E-state index is 0.442. The summed E-state index contributed by atoms with van der Waals surface area (Å²) in [7, 11) is 0. The molecule has 1 atom stereocenters. The van der Waals surface area contributed by atoms with Gasteiger partial charge >= 0.3 is 0 Å². The Morgan fingerprint density at radius 1 is 1.71 bits per heavy atom. The summed E-state index contributed by atoms with van der Waals surface area (Å²) in [6.07, 6.45) is 0.719. The molecule has 2 heterocycles. The topological polar surface area (TPSA) is 54.4 Å². The van der Waals surface area contributed by atoms with E-state index in [2.05, 4.69) is 10.3 Å². The van der Waals surface area contributed by atoms with Gasteiger partial charge in [-0.1, -0.05) is 0 Å². The van der Waals surface area contributed by atoms with Crippen LogP contribution in [-0.4, -0.2) is 35.5 Å². The van der Waals surface area contributed by atoms with Crippen molar-refractivity contribution in [2.24, 2.45) is 0 Å². The van der Waals surface area contributed by atoms with E-state index in [9.17, 15) is 5.11 Å². The van der Waals surface area contributed by atoms with Crippen LogP contribution in [0, 0.1) is 0 Å². The predicted molar refractivity (Wildman–Crippen MR) is 54.2 cm³/mol. The van der Waals surface area contributed by atoms with Gasteiger partial charge < -0.3 is 15.2 Å². The van der Waals surface area contributed by atoms with Crippen molar-refractivity contribution in [2.45, 2.75) is 18.6 Å². The molecule has 5 heteroatoms. The van der Waals surface area contributed by atoms with Crippen LogP contribution in [0.5, 0.6) is 0 Å². The Kier molecular flexibility index (Phi) is 3.12. The fourth-order valence-electron chi connectivity index (χ4n) is 1.48. The second kappa shape index (κ2) is 4.35. The molecule has 0 spiro atoms. The minimum atomic E-state index is -0.671. The van der Waals surface area contributed by atoms with E-state index in [1.165, 1.54) is 0 Å². The highest BCUT2D eigenvalue weighted by Crippen LogP contribution is 2.16. The second-order valence-corrected chi connectivity index (χ2v) is 4.33. The molecule has 1 aromatic rings. The van der Waals surface area contributed by atoms with Crippen LogP contribution < -0.4 is 5.32 Å². The third-order valence-electron chi connectivity index (χ3n) is 2.33. The van der Waals surface area contributed by atoms with E-state index in [0.29, 0.717) is 26.3 Å². The summed E-state index contributed by atoms with van der Waals surface area (Å²) in [5.74, 6) is 0. The molecular weight excluding hydrogens is 200 g/mol. The van der Waals surface area contributed by atoms with Crippen molar-refractivity contribution in [3.63, 3.8) is 0 Å². The van der Waals surface area contributed by atoms with E-state index < -0.39 is 5.60 Å². The molecule has 0 amide bonds. The summed E-state index contributed by atoms with van der Waals surface area (Å²) < 4.78 is 5.14. The Morgan fingerprint density at radius 3 is 3.29 bits per heavy atom. The Balaban J connectivity index is 1.72. The largest absolute Gasteiger partial charge is 0.386 e. The van der Waals surface area contributed by atoms with Gasteiger partial charge in [0.2, 0.25) is 0 Å². The number of nitrogens with zero attached hydrogens (tertiary/aromatic N) is 1. The lowest BCUT2D eigenvalue weighted by atomic mass is 10.0. The first kappa shape index (κ1) is 10.0. The number of ether oxygens (including phenoxy) is 1. The Morgan fingerprint density at radius 2 is 2.64 bits per heavy atom. The van der Waals surface area contributed by atoms with Crippen molar-refractivity contribution >= 4 is 11.3 Å². The maximum Gasteiger partial charge on any atom is 0.103 e. The lowest BCUT2D eigenvalue weighted by Gasteiger charge is -2.20. The van der Waals surface area contributed by atoms with Crippen molar-refractivity contribution in [1.82, 2.24) is 10.3 Å². The molecule has 0 bridgehead atoms. The number of nitrogens with one attached hydrogen (secondary N) is 1. The molecule has 0 radical (unpaired) electrons. The maximum absolute atomic E-state index is 9.91. The van der Waals surface area contributed by atoms with Gasteiger partial charge in [0.1, 0.15) is 5.60 Å². The molecule has 4 nitrogen and oxygen atoms in total. The van der Waals surface area contributed by atoms with E-state index in [1.807, 2.05) is 10.9 Å². The van der Waals surface area contributed by atoms with Crippen LogP contribution in [0.25, 0.3) is 0 Å². The first-order valence-corrected chi connectivity index (χ1v) is 5.61. The number of aromatic nitrogens is 1. The summed E-state index contributed by atoms with van der Waals surface area (Å²) in [5, 5.41) is 15.1. The van der Waals surface area contributed by atoms with Gasteiger partial charge in [0.25, 0.3) is 0 Å². The lowest BCUT2D eigenvalue weighted by Crippen LogP contribution is -2.40. The van der Waals surface area contributed by atoms with Gasteiger partial charge in [-0.25, -0.2) is 4.98 Å². The first-order valence-electron chi connectivity index (χ1n) is 4.66. The van der Waals surface area contributed by atoms with Crippen molar-refractivity contribution in [1.29, 1.82) is 0 Å². The zero-order valence-corrected chi connectivity index (χ0v) is 8.72. The van der Waals surface area contributed by atoms with Crippen LogP contribution in [0.2, 0.25) is 0 Å². The minimum Gasteiger partial charge on any atom is -0.386 e. The molecule has 1 fully saturated rings. The standard InChI is InChI=1S/C9H14N2O2S/c12-9(1-2-13-6-9)5-10-3-8-4-14-7-11-8/h4,7,10,12H,1-3,5-6H2. The summed E-state index contributed by atoms with van der Waals surface area (Å²) in [4.78, 5) is 4.15. The van der Waals surface area contributed by atoms with Crippen LogP contribution >= 0.6 is 11.3 Å². The normalized spacial score (nSPS) is 26.9. The number of hydrogen-bond donors (Lipinski definition) is 2. The van der Waals surface area contributed by atoms with Crippen LogP contribution in [0.1, 0.15) is 12.1 Å². The molecule has 0 aliphatic carbocycles. The zero-order chi connectivity index (χ0) is 9.86. The van der Waals surface area contributed by atoms with E-state index in [0.717, 1.165) is 12.1 Å². The van der Waals surface area contributed by atoms with Gasteiger partial charge in [-0.15, -0.1) is 11.3 Å². The predicted octanol–water partition coefficient (Wildman–Crippen LogP) is 0.384. The number of hydrogen-bond acceptors (Lipinski definition) is 5. The molecule has 78 valence electrons. The smallest absolute Gasteiger partial charge is 0.103 e. The molecule has 1 aromatic heterocycles. The fourth-order valence-corrected chi connectivity index (χ4v) is 2.04. The van der Waals surface area contributed by atoms with Crippen LogP contribution in [0.15, 0.2) is 10.9 Å². The van der Waals surface area contributed by atoms with Crippen LogP contribution in [0.3, 0.4) is 0 Å². The van der Waals surface area contributed by atoms with Gasteiger partial charge in [-0.2, -0.15) is 0 Å². The van der Waals surface area contributed by atoms with E-state index in [1.54, 1.807) is 11.3 Å². The molecule has 2 N–H and O–H groups in total. The zero-order valence-electron chi connectivity index (χ0n) is 7.90. The van der Waals surface area contributed by atoms with Crippen LogP contribution in [-0.2, 0) is 11.3 Å². The van der Waals surface area contributed by atoms with Crippen molar-refractivity contribution in [2.75, 3.05) is 19.8 Å². The van der Waals surface area contributed by atoms with Crippen LogP contribution in [0.4, 0.5) is 0 Å². The van der Waals surface area contributed by atoms with Gasteiger partial charge in [0.05, 0.1) is 17.8 Å². The monoisotopic (exact) mass is 214 g/mol. The van der Waals surface area contributed by atoms with E-state index in [4.69, 9.17) is 4.74 Å². The third kappa shape index (κ3) is 2.51. The maximum atomic E-state index is 9.91. The Labute approximate surface area is 86.9 Å². The second-order valence-electron chi connectivity index (χ2n) is 3.61. The average Bonchev–Trinajstić information content (AvgIpc) is 2.77. The molecule has 14 heavy (non-hydrogen) atoms. The van der Waals surface area contributed by atoms with E-state index >= 15 is 0 Å². The SMILES string of the molecule is OC1(CNCc2cscn2)CCOC1. The van der Waals surface area contributed by atoms with E-state index in [-0.39, 0.29) is 0 Å². The molecule has 2 rings (SSSR count). The molecule has 1 aliphatic heterocycles. The Bertz CT molecular complexity index is 270. The molecule has 1 aliphatic rings. The fraction of sp³-hybridized carbons (Fsp3) is 0.667. The summed E-state index contributed by atoms with van der Waals surface area (Å²) in [6.45, 7) is 2.39. The summed E-state index contributed by atoms with van der Waals surface area (Å²) in [6, 6.07) is 0. The van der Waals surface area contributed by atoms with Crippen molar-refractivity contribution in [3.05, 3.63) is 16.6 Å². The molecule has 0 aromatic carbocycles. The quantitative estimate of drug-likeness (QED) is 0.761. The average molecular weight is 214 g/mol. The van der Waals surface area contributed by atoms with Gasteiger partial charge in [-0.05, 0) is 0 Å². The lowest BCUT2D eigenvalue weighted by molar-refractivity contribution is 0.0268. The molecular formula is C9H14N2O2S. The van der Waals surface area contributed by atoms with Gasteiger partial charge in [0, 0.05) is 31.5 Å². The Hall–Kier alpha value is -0.490. The molecule has 1 saturated heterocycles. The highest BCUT2D eigenvalue weighted by atomic mass is 32.1. The van der Waals surface area contributed by atoms with Crippen molar-refractivity contribution < 1.29 is 9.84 Å². The van der Waals surface area contributed by atoms with Gasteiger partial charge in [0.15, 0.2) is 0 Å². The molecule has 0 saturated carbocycles.